The number of halogens is 1. The van der Waals surface area contributed by atoms with Crippen molar-refractivity contribution in [2.24, 2.45) is 0 Å². The van der Waals surface area contributed by atoms with Crippen LogP contribution >= 0.6 is 15.9 Å². The average Bonchev–Trinajstić information content (AvgIpc) is 2.36. The molecule has 1 aromatic carbocycles. The molecule has 1 amide bonds. The molecule has 0 unspecified atom stereocenters. The number of carbonyl (C=O) groups is 1. The van der Waals surface area contributed by atoms with E-state index < -0.39 is 15.5 Å². The first-order chi connectivity index (χ1) is 8.95. The summed E-state index contributed by atoms with van der Waals surface area (Å²) in [5.41, 5.74) is -0.665. The van der Waals surface area contributed by atoms with E-state index in [1.165, 1.54) is 6.07 Å². The van der Waals surface area contributed by atoms with Crippen LogP contribution < -0.4 is 5.32 Å². The van der Waals surface area contributed by atoms with Gasteiger partial charge in [-0.3, -0.25) is 25.0 Å². The van der Waals surface area contributed by atoms with Gasteiger partial charge in [-0.25, -0.2) is 0 Å². The minimum Gasteiger partial charge on any atom is -0.355 e. The molecule has 0 aliphatic rings. The number of rotatable bonds is 6. The van der Waals surface area contributed by atoms with Crippen molar-refractivity contribution in [3.05, 3.63) is 44.0 Å². The van der Waals surface area contributed by atoms with Crippen molar-refractivity contribution in [2.45, 2.75) is 6.42 Å². The third kappa shape index (κ3) is 4.28. The highest BCUT2D eigenvalue weighted by atomic mass is 79.9. The number of alkyl halides is 1. The number of hydrogen-bond acceptors (Lipinski definition) is 5. The smallest absolute Gasteiger partial charge is 0.279 e. The Morgan fingerprint density at radius 3 is 2.47 bits per heavy atom. The van der Waals surface area contributed by atoms with Crippen molar-refractivity contribution in [3.8, 4) is 0 Å². The Morgan fingerprint density at radius 2 is 1.95 bits per heavy atom. The third-order valence-corrected chi connectivity index (χ3v) is 2.64. The zero-order valence-corrected chi connectivity index (χ0v) is 11.3. The van der Waals surface area contributed by atoms with Crippen LogP contribution in [0.4, 0.5) is 11.4 Å². The van der Waals surface area contributed by atoms with Crippen LogP contribution in [0.25, 0.3) is 0 Å². The van der Waals surface area contributed by atoms with Crippen LogP contribution in [0.1, 0.15) is 5.56 Å². The van der Waals surface area contributed by atoms with Gasteiger partial charge in [0.25, 0.3) is 11.4 Å². The van der Waals surface area contributed by atoms with E-state index in [-0.39, 0.29) is 23.6 Å². The molecule has 0 aliphatic carbocycles. The minimum absolute atomic E-state index is 0.141. The second-order valence-electron chi connectivity index (χ2n) is 3.54. The van der Waals surface area contributed by atoms with E-state index >= 15 is 0 Å². The van der Waals surface area contributed by atoms with Crippen LogP contribution in [0, 0.1) is 20.2 Å². The van der Waals surface area contributed by atoms with Gasteiger partial charge < -0.3 is 5.32 Å². The van der Waals surface area contributed by atoms with Gasteiger partial charge in [0.1, 0.15) is 0 Å². The maximum Gasteiger partial charge on any atom is 0.279 e. The standard InChI is InChI=1S/C10H10BrN3O5/c11-3-4-12-10(15)5-7-1-2-8(13(16)17)6-9(7)14(18)19/h1-2,6H,3-5H2,(H,12,15). The molecule has 0 aliphatic heterocycles. The van der Waals surface area contributed by atoms with E-state index in [2.05, 4.69) is 21.2 Å². The quantitative estimate of drug-likeness (QED) is 0.482. The summed E-state index contributed by atoms with van der Waals surface area (Å²) in [6.07, 6.45) is -0.193. The Labute approximate surface area is 116 Å². The largest absolute Gasteiger partial charge is 0.355 e. The van der Waals surface area contributed by atoms with Gasteiger partial charge >= 0.3 is 0 Å². The van der Waals surface area contributed by atoms with Gasteiger partial charge in [-0.05, 0) is 6.07 Å². The van der Waals surface area contributed by atoms with Crippen LogP contribution in [0.2, 0.25) is 0 Å². The number of nitro benzene ring substituents is 2. The fraction of sp³-hybridized carbons (Fsp3) is 0.300. The number of carbonyl (C=O) groups excluding carboxylic acids is 1. The molecule has 102 valence electrons. The van der Waals surface area contributed by atoms with E-state index in [1.54, 1.807) is 0 Å². The normalized spacial score (nSPS) is 9.95. The second-order valence-corrected chi connectivity index (χ2v) is 4.34. The second kappa shape index (κ2) is 6.78. The summed E-state index contributed by atoms with van der Waals surface area (Å²) in [4.78, 5) is 31.4. The maximum absolute atomic E-state index is 11.5. The highest BCUT2D eigenvalue weighted by Crippen LogP contribution is 2.24. The summed E-state index contributed by atoms with van der Waals surface area (Å²) in [7, 11) is 0. The zero-order chi connectivity index (χ0) is 14.4. The summed E-state index contributed by atoms with van der Waals surface area (Å²) in [5.74, 6) is -0.378. The molecule has 1 aromatic rings. The summed E-state index contributed by atoms with van der Waals surface area (Å²) in [6.45, 7) is 0.402. The molecule has 19 heavy (non-hydrogen) atoms. The van der Waals surface area contributed by atoms with E-state index in [0.29, 0.717) is 11.9 Å². The average molecular weight is 332 g/mol. The lowest BCUT2D eigenvalue weighted by atomic mass is 10.1. The van der Waals surface area contributed by atoms with Gasteiger partial charge in [0, 0.05) is 23.5 Å². The van der Waals surface area contributed by atoms with Gasteiger partial charge in [0.2, 0.25) is 5.91 Å². The predicted octanol–water partition coefficient (Wildman–Crippen LogP) is 1.56. The Balaban J connectivity index is 2.97. The zero-order valence-electron chi connectivity index (χ0n) is 9.67. The molecule has 0 bridgehead atoms. The Hall–Kier alpha value is -2.03. The van der Waals surface area contributed by atoms with Crippen LogP contribution in [0.5, 0.6) is 0 Å². The minimum atomic E-state index is -0.736. The van der Waals surface area contributed by atoms with Crippen LogP contribution in [0.3, 0.4) is 0 Å². The van der Waals surface area contributed by atoms with Gasteiger partial charge in [-0.15, -0.1) is 0 Å². The van der Waals surface area contributed by atoms with Crippen molar-refractivity contribution in [3.63, 3.8) is 0 Å². The third-order valence-electron chi connectivity index (χ3n) is 2.24. The van der Waals surface area contributed by atoms with Crippen molar-refractivity contribution in [1.29, 1.82) is 0 Å². The Kier molecular flexibility index (Phi) is 5.37. The first kappa shape index (κ1) is 15.0. The van der Waals surface area contributed by atoms with E-state index in [4.69, 9.17) is 0 Å². The van der Waals surface area contributed by atoms with Crippen LogP contribution in [-0.2, 0) is 11.2 Å². The van der Waals surface area contributed by atoms with E-state index in [9.17, 15) is 25.0 Å². The highest BCUT2D eigenvalue weighted by molar-refractivity contribution is 9.09. The Morgan fingerprint density at radius 1 is 1.26 bits per heavy atom. The molecule has 9 heteroatoms. The highest BCUT2D eigenvalue weighted by Gasteiger charge is 2.20. The number of nitrogens with zero attached hydrogens (tertiary/aromatic N) is 2. The fourth-order valence-electron chi connectivity index (χ4n) is 1.41. The molecule has 0 heterocycles. The summed E-state index contributed by atoms with van der Waals surface area (Å²) >= 11 is 3.13. The summed E-state index contributed by atoms with van der Waals surface area (Å²) in [6, 6.07) is 3.22. The lowest BCUT2D eigenvalue weighted by Crippen LogP contribution is -2.27. The number of non-ortho nitro benzene ring substituents is 1. The van der Waals surface area contributed by atoms with Gasteiger partial charge in [0.15, 0.2) is 0 Å². The van der Waals surface area contributed by atoms with Crippen LogP contribution in [-0.4, -0.2) is 27.6 Å². The lowest BCUT2D eigenvalue weighted by Gasteiger charge is -2.04. The lowest BCUT2D eigenvalue weighted by molar-refractivity contribution is -0.394. The van der Waals surface area contributed by atoms with Crippen LogP contribution in [0.15, 0.2) is 18.2 Å². The van der Waals surface area contributed by atoms with Crippen molar-refractivity contribution >= 4 is 33.2 Å². The number of amides is 1. The summed E-state index contributed by atoms with van der Waals surface area (Å²) in [5, 5.41) is 24.5. The number of benzene rings is 1. The molecule has 8 nitrogen and oxygen atoms in total. The first-order valence-corrected chi connectivity index (χ1v) is 6.32. The molecule has 0 radical (unpaired) electrons. The molecule has 0 saturated carbocycles. The molecule has 1 rings (SSSR count). The van der Waals surface area contributed by atoms with E-state index in [0.717, 1.165) is 12.1 Å². The van der Waals surface area contributed by atoms with Crippen molar-refractivity contribution < 1.29 is 14.6 Å². The number of nitrogens with one attached hydrogen (secondary N) is 1. The fourth-order valence-corrected chi connectivity index (χ4v) is 1.61. The SMILES string of the molecule is O=C(Cc1ccc([N+](=O)[O-])cc1[N+](=O)[O-])NCCBr. The molecule has 0 aromatic heterocycles. The molecule has 0 fully saturated rings. The molecular weight excluding hydrogens is 322 g/mol. The number of hydrogen-bond donors (Lipinski definition) is 1. The first-order valence-electron chi connectivity index (χ1n) is 5.20. The molecule has 1 N–H and O–H groups in total. The monoisotopic (exact) mass is 331 g/mol. The van der Waals surface area contributed by atoms with Gasteiger partial charge in [0.05, 0.1) is 22.3 Å². The van der Waals surface area contributed by atoms with E-state index in [1.807, 2.05) is 0 Å². The van der Waals surface area contributed by atoms with Crippen molar-refractivity contribution in [1.82, 2.24) is 5.32 Å². The van der Waals surface area contributed by atoms with Gasteiger partial charge in [-0.1, -0.05) is 15.9 Å². The van der Waals surface area contributed by atoms with Crippen molar-refractivity contribution in [2.75, 3.05) is 11.9 Å². The van der Waals surface area contributed by atoms with Gasteiger partial charge in [-0.2, -0.15) is 0 Å². The predicted molar refractivity (Wildman–Crippen MR) is 70.3 cm³/mol. The maximum atomic E-state index is 11.5. The molecule has 0 spiro atoms. The topological polar surface area (TPSA) is 115 Å². The Bertz CT molecular complexity index is 520. The molecule has 0 atom stereocenters. The molecule has 0 saturated heterocycles. The number of nitro groups is 2. The molecular formula is C10H10BrN3O5. The summed E-state index contributed by atoms with van der Waals surface area (Å²) < 4.78 is 0.